The largest absolute Gasteiger partial charge is 0.489 e. The van der Waals surface area contributed by atoms with Crippen LogP contribution in [-0.2, 0) is 0 Å². The summed E-state index contributed by atoms with van der Waals surface area (Å²) < 4.78 is 10.8. The van der Waals surface area contributed by atoms with Gasteiger partial charge < -0.3 is 19.9 Å². The van der Waals surface area contributed by atoms with E-state index in [-0.39, 0.29) is 46.7 Å². The predicted molar refractivity (Wildman–Crippen MR) is 101 cm³/mol. The van der Waals surface area contributed by atoms with Gasteiger partial charge in [-0.05, 0) is 51.1 Å². The number of carbonyl (C=O) groups is 2. The zero-order valence-electron chi connectivity index (χ0n) is 15.6. The Kier molecular flexibility index (Phi) is 6.54. The van der Waals surface area contributed by atoms with E-state index in [9.17, 15) is 19.7 Å². The van der Waals surface area contributed by atoms with Crippen LogP contribution in [0.25, 0.3) is 0 Å². The summed E-state index contributed by atoms with van der Waals surface area (Å²) in [6.07, 6.45) is -0.210. The second-order valence-electron chi connectivity index (χ2n) is 6.01. The molecule has 1 amide bonds. The molecule has 0 saturated carbocycles. The number of carboxylic acids is 1. The summed E-state index contributed by atoms with van der Waals surface area (Å²) >= 11 is 0. The highest BCUT2D eigenvalue weighted by molar-refractivity contribution is 6.06. The first-order valence-electron chi connectivity index (χ1n) is 8.49. The van der Waals surface area contributed by atoms with Crippen molar-refractivity contribution in [1.29, 1.82) is 0 Å². The Hall–Kier alpha value is -3.62. The van der Waals surface area contributed by atoms with Crippen LogP contribution in [0.2, 0.25) is 0 Å². The molecular formula is C19H20N2O7. The van der Waals surface area contributed by atoms with Gasteiger partial charge in [0.15, 0.2) is 5.75 Å². The van der Waals surface area contributed by atoms with E-state index in [0.29, 0.717) is 0 Å². The summed E-state index contributed by atoms with van der Waals surface area (Å²) in [7, 11) is 0. The Balaban J connectivity index is 2.38. The van der Waals surface area contributed by atoms with Gasteiger partial charge in [0.05, 0.1) is 28.9 Å². The normalized spacial score (nSPS) is 10.4. The maximum Gasteiger partial charge on any atom is 0.335 e. The Labute approximate surface area is 161 Å². The molecule has 0 heterocycles. The Morgan fingerprint density at radius 3 is 2.36 bits per heavy atom. The van der Waals surface area contributed by atoms with Crippen LogP contribution in [0.5, 0.6) is 11.5 Å². The van der Waals surface area contributed by atoms with E-state index >= 15 is 0 Å². The second kappa shape index (κ2) is 8.85. The van der Waals surface area contributed by atoms with Crippen molar-refractivity contribution in [1.82, 2.24) is 0 Å². The van der Waals surface area contributed by atoms with Gasteiger partial charge in [-0.3, -0.25) is 14.9 Å². The van der Waals surface area contributed by atoms with E-state index in [0.717, 1.165) is 6.07 Å². The molecule has 0 unspecified atom stereocenters. The lowest BCUT2D eigenvalue weighted by Crippen LogP contribution is -2.15. The molecule has 0 radical (unpaired) electrons. The predicted octanol–water partition coefficient (Wildman–Crippen LogP) is 3.73. The second-order valence-corrected chi connectivity index (χ2v) is 6.01. The van der Waals surface area contributed by atoms with Gasteiger partial charge >= 0.3 is 11.7 Å². The topological polar surface area (TPSA) is 128 Å². The monoisotopic (exact) mass is 388 g/mol. The molecule has 0 bridgehead atoms. The van der Waals surface area contributed by atoms with Gasteiger partial charge in [0.2, 0.25) is 0 Å². The van der Waals surface area contributed by atoms with Gasteiger partial charge in [0.25, 0.3) is 5.91 Å². The third-order valence-corrected chi connectivity index (χ3v) is 3.56. The van der Waals surface area contributed by atoms with Gasteiger partial charge in [-0.1, -0.05) is 0 Å². The zero-order valence-corrected chi connectivity index (χ0v) is 15.6. The Bertz CT molecular complexity index is 909. The van der Waals surface area contributed by atoms with E-state index in [1.165, 1.54) is 30.3 Å². The fraction of sp³-hybridized carbons (Fsp3) is 0.263. The number of anilines is 1. The van der Waals surface area contributed by atoms with Gasteiger partial charge in [0, 0.05) is 11.6 Å². The minimum Gasteiger partial charge on any atom is -0.489 e. The maximum absolute atomic E-state index is 12.6. The summed E-state index contributed by atoms with van der Waals surface area (Å²) in [6, 6.07) is 7.90. The van der Waals surface area contributed by atoms with Crippen molar-refractivity contribution >= 4 is 23.3 Å². The number of nitro benzene ring substituents is 1. The number of hydrogen-bond donors (Lipinski definition) is 2. The molecule has 0 aromatic heterocycles. The smallest absolute Gasteiger partial charge is 0.335 e. The fourth-order valence-corrected chi connectivity index (χ4v) is 2.39. The van der Waals surface area contributed by atoms with Crippen molar-refractivity contribution in [2.75, 3.05) is 11.9 Å². The first-order chi connectivity index (χ1) is 13.2. The van der Waals surface area contributed by atoms with Crippen LogP contribution in [0.4, 0.5) is 11.4 Å². The lowest BCUT2D eigenvalue weighted by atomic mass is 10.1. The third kappa shape index (κ3) is 4.97. The molecular weight excluding hydrogens is 368 g/mol. The molecule has 2 rings (SSSR count). The molecule has 0 atom stereocenters. The van der Waals surface area contributed by atoms with E-state index in [4.69, 9.17) is 14.6 Å². The number of nitrogens with zero attached hydrogens (tertiary/aromatic N) is 1. The first kappa shape index (κ1) is 20.7. The van der Waals surface area contributed by atoms with E-state index < -0.39 is 16.8 Å². The van der Waals surface area contributed by atoms with Crippen LogP contribution in [0.15, 0.2) is 36.4 Å². The average molecular weight is 388 g/mol. The van der Waals surface area contributed by atoms with Gasteiger partial charge in [-0.25, -0.2) is 4.79 Å². The minimum atomic E-state index is -1.16. The van der Waals surface area contributed by atoms with Crippen molar-refractivity contribution in [3.05, 3.63) is 57.6 Å². The SMILES string of the molecule is CCOc1ccc(C(=O)Nc2cc(C(=O)O)ccc2OC(C)C)cc1[N+](=O)[O-]. The summed E-state index contributed by atoms with van der Waals surface area (Å²) in [4.78, 5) is 34.4. The fourth-order valence-electron chi connectivity index (χ4n) is 2.39. The number of hydrogen-bond acceptors (Lipinski definition) is 6. The van der Waals surface area contributed by atoms with Crippen molar-refractivity contribution in [3.63, 3.8) is 0 Å². The highest BCUT2D eigenvalue weighted by Crippen LogP contribution is 2.30. The molecule has 0 saturated heterocycles. The number of aromatic carboxylic acids is 1. The summed E-state index contributed by atoms with van der Waals surface area (Å²) in [5, 5.41) is 23.0. The molecule has 2 N–H and O–H groups in total. The van der Waals surface area contributed by atoms with E-state index in [2.05, 4.69) is 5.32 Å². The molecule has 0 aliphatic rings. The summed E-state index contributed by atoms with van der Waals surface area (Å²) in [5.41, 5.74) is -0.210. The lowest BCUT2D eigenvalue weighted by molar-refractivity contribution is -0.385. The molecule has 2 aromatic carbocycles. The lowest BCUT2D eigenvalue weighted by Gasteiger charge is -2.16. The number of benzene rings is 2. The number of carbonyl (C=O) groups excluding carboxylic acids is 1. The molecule has 9 heteroatoms. The van der Waals surface area contributed by atoms with Gasteiger partial charge in [-0.2, -0.15) is 0 Å². The molecule has 0 aliphatic heterocycles. The van der Waals surface area contributed by atoms with E-state index in [1.54, 1.807) is 20.8 Å². The van der Waals surface area contributed by atoms with Crippen LogP contribution < -0.4 is 14.8 Å². The number of amides is 1. The zero-order chi connectivity index (χ0) is 20.8. The van der Waals surface area contributed by atoms with Crippen molar-refractivity contribution in [2.24, 2.45) is 0 Å². The number of ether oxygens (including phenoxy) is 2. The number of carboxylic acid groups (broad SMARTS) is 1. The third-order valence-electron chi connectivity index (χ3n) is 3.56. The molecule has 0 spiro atoms. The van der Waals surface area contributed by atoms with Crippen LogP contribution in [-0.4, -0.2) is 34.6 Å². The summed E-state index contributed by atoms with van der Waals surface area (Å²) in [5.74, 6) is -1.47. The molecule has 0 fully saturated rings. The van der Waals surface area contributed by atoms with Crippen molar-refractivity contribution in [2.45, 2.75) is 26.9 Å². The van der Waals surface area contributed by atoms with Crippen LogP contribution in [0, 0.1) is 10.1 Å². The van der Waals surface area contributed by atoms with Gasteiger partial charge in [-0.15, -0.1) is 0 Å². The van der Waals surface area contributed by atoms with Crippen LogP contribution >= 0.6 is 0 Å². The van der Waals surface area contributed by atoms with Crippen LogP contribution in [0.3, 0.4) is 0 Å². The molecule has 0 aliphatic carbocycles. The quantitative estimate of drug-likeness (QED) is 0.521. The Morgan fingerprint density at radius 2 is 1.79 bits per heavy atom. The van der Waals surface area contributed by atoms with Crippen molar-refractivity contribution in [3.8, 4) is 11.5 Å². The molecule has 2 aromatic rings. The molecule has 9 nitrogen and oxygen atoms in total. The number of nitro groups is 1. The first-order valence-corrected chi connectivity index (χ1v) is 8.49. The van der Waals surface area contributed by atoms with E-state index in [1.807, 2.05) is 0 Å². The number of nitrogens with one attached hydrogen (secondary N) is 1. The summed E-state index contributed by atoms with van der Waals surface area (Å²) in [6.45, 7) is 5.50. The highest BCUT2D eigenvalue weighted by Gasteiger charge is 2.20. The Morgan fingerprint density at radius 1 is 1.14 bits per heavy atom. The molecule has 148 valence electrons. The van der Waals surface area contributed by atoms with Crippen molar-refractivity contribution < 1.29 is 29.1 Å². The average Bonchev–Trinajstić information content (AvgIpc) is 2.62. The standard InChI is InChI=1S/C19H20N2O7/c1-4-27-17-8-5-12(10-15(17)21(25)26)18(22)20-14-9-13(19(23)24)6-7-16(14)28-11(2)3/h5-11H,4H2,1-3H3,(H,20,22)(H,23,24). The number of rotatable bonds is 8. The van der Waals surface area contributed by atoms with Crippen LogP contribution in [0.1, 0.15) is 41.5 Å². The minimum absolute atomic E-state index is 0.0198. The van der Waals surface area contributed by atoms with Gasteiger partial charge in [0.1, 0.15) is 5.75 Å². The maximum atomic E-state index is 12.6. The highest BCUT2D eigenvalue weighted by atomic mass is 16.6. The molecule has 28 heavy (non-hydrogen) atoms.